The molecule has 6 unspecified atom stereocenters. The number of rotatable bonds is 6. The van der Waals surface area contributed by atoms with Crippen LogP contribution in [0, 0.1) is 29.6 Å². The van der Waals surface area contributed by atoms with Crippen LogP contribution in [-0.2, 0) is 28.7 Å². The summed E-state index contributed by atoms with van der Waals surface area (Å²) in [6, 6.07) is 0. The van der Waals surface area contributed by atoms with E-state index in [2.05, 4.69) is 6.58 Å². The first-order chi connectivity index (χ1) is 11.4. The number of ether oxygens (including phenoxy) is 2. The molecule has 0 spiro atoms. The molecule has 130 valence electrons. The number of hydrogen-bond donors (Lipinski definition) is 0. The lowest BCUT2D eigenvalue weighted by molar-refractivity contribution is -0.228. The quantitative estimate of drug-likeness (QED) is 0.415. The predicted octanol–water partition coefficient (Wildman–Crippen LogP) is 1.47. The smallest absolute Gasteiger partial charge is 0.334 e. The van der Waals surface area contributed by atoms with Gasteiger partial charge in [-0.1, -0.05) is 20.4 Å². The van der Waals surface area contributed by atoms with E-state index in [9.17, 15) is 19.2 Å². The third-order valence-electron chi connectivity index (χ3n) is 6.03. The number of carbonyl (C=O) groups excluding carboxylic acids is 4. The Morgan fingerprint density at radius 1 is 1.42 bits per heavy atom. The zero-order valence-electron chi connectivity index (χ0n) is 13.9. The van der Waals surface area contributed by atoms with Crippen molar-refractivity contribution in [3.63, 3.8) is 0 Å². The van der Waals surface area contributed by atoms with Crippen LogP contribution in [0.4, 0.5) is 0 Å². The van der Waals surface area contributed by atoms with Crippen LogP contribution in [0.25, 0.3) is 0 Å². The lowest BCUT2D eigenvalue weighted by Crippen LogP contribution is -2.66. The Balaban J connectivity index is 2.02. The average molecular weight is 334 g/mol. The zero-order chi connectivity index (χ0) is 17.6. The van der Waals surface area contributed by atoms with Crippen molar-refractivity contribution in [2.45, 2.75) is 44.8 Å². The zero-order valence-corrected chi connectivity index (χ0v) is 13.9. The number of hydrogen-bond acceptors (Lipinski definition) is 6. The van der Waals surface area contributed by atoms with Crippen LogP contribution < -0.4 is 0 Å². The summed E-state index contributed by atoms with van der Waals surface area (Å²) in [4.78, 5) is 47.0. The van der Waals surface area contributed by atoms with Gasteiger partial charge in [-0.3, -0.25) is 4.79 Å². The van der Waals surface area contributed by atoms with Crippen molar-refractivity contribution in [1.82, 2.24) is 0 Å². The molecule has 3 saturated carbocycles. The molecular weight excluding hydrogens is 312 g/mol. The molecule has 4 aliphatic rings. The van der Waals surface area contributed by atoms with Crippen LogP contribution in [0.15, 0.2) is 12.2 Å². The van der Waals surface area contributed by atoms with Crippen molar-refractivity contribution in [2.24, 2.45) is 29.6 Å². The van der Waals surface area contributed by atoms with Gasteiger partial charge in [0.1, 0.15) is 18.7 Å². The third-order valence-corrected chi connectivity index (χ3v) is 6.03. The lowest BCUT2D eigenvalue weighted by Gasteiger charge is -2.56. The highest BCUT2D eigenvalue weighted by molar-refractivity contribution is 5.91. The normalized spacial score (nSPS) is 39.5. The maximum atomic E-state index is 12.4. The topological polar surface area (TPSA) is 86.7 Å². The summed E-state index contributed by atoms with van der Waals surface area (Å²) in [6.45, 7) is 7.40. The van der Waals surface area contributed by atoms with E-state index in [-0.39, 0.29) is 35.7 Å². The monoisotopic (exact) mass is 334 g/mol. The average Bonchev–Trinajstić information content (AvgIpc) is 2.85. The summed E-state index contributed by atoms with van der Waals surface area (Å²) in [6.07, 6.45) is 2.28. The van der Waals surface area contributed by atoms with Crippen molar-refractivity contribution in [2.75, 3.05) is 0 Å². The number of fused-ring (bicyclic) bond motifs is 1. The van der Waals surface area contributed by atoms with Crippen LogP contribution in [0.1, 0.15) is 33.1 Å². The predicted molar refractivity (Wildman–Crippen MR) is 82.6 cm³/mol. The molecule has 0 aromatic carbocycles. The first-order valence-corrected chi connectivity index (χ1v) is 8.39. The highest BCUT2D eigenvalue weighted by Crippen LogP contribution is 2.61. The molecule has 6 heteroatoms. The second kappa shape index (κ2) is 5.83. The molecule has 0 amide bonds. The third kappa shape index (κ3) is 2.08. The fraction of sp³-hybridized carbons (Fsp3) is 0.667. The summed E-state index contributed by atoms with van der Waals surface area (Å²) >= 11 is 0. The highest BCUT2D eigenvalue weighted by Gasteiger charge is 2.72. The van der Waals surface area contributed by atoms with Crippen LogP contribution in [0.5, 0.6) is 0 Å². The van der Waals surface area contributed by atoms with Gasteiger partial charge in [0.15, 0.2) is 5.60 Å². The Hall–Kier alpha value is -1.98. The molecule has 1 aliphatic heterocycles. The van der Waals surface area contributed by atoms with Gasteiger partial charge in [0.25, 0.3) is 0 Å². The summed E-state index contributed by atoms with van der Waals surface area (Å²) in [5.74, 6) is -2.44. The largest absolute Gasteiger partial charge is 0.458 e. The van der Waals surface area contributed by atoms with Crippen molar-refractivity contribution >= 4 is 24.5 Å². The molecule has 0 aromatic rings. The molecule has 0 aromatic heterocycles. The van der Waals surface area contributed by atoms with E-state index >= 15 is 0 Å². The van der Waals surface area contributed by atoms with Gasteiger partial charge in [-0.25, -0.2) is 4.79 Å². The fourth-order valence-corrected chi connectivity index (χ4v) is 5.01. The molecule has 6 atom stereocenters. The molecule has 1 heterocycles. The van der Waals surface area contributed by atoms with Crippen LogP contribution in [-0.4, -0.2) is 36.2 Å². The van der Waals surface area contributed by atoms with E-state index in [1.807, 2.05) is 13.8 Å². The van der Waals surface area contributed by atoms with Crippen molar-refractivity contribution in [3.8, 4) is 0 Å². The first-order valence-electron chi connectivity index (χ1n) is 8.39. The molecule has 0 radical (unpaired) electrons. The second-order valence-corrected chi connectivity index (χ2v) is 7.32. The van der Waals surface area contributed by atoms with Gasteiger partial charge >= 0.3 is 11.9 Å². The Bertz CT molecular complexity index is 609. The molecule has 1 saturated heterocycles. The van der Waals surface area contributed by atoms with E-state index in [1.54, 1.807) is 0 Å². The number of carbonyl (C=O) groups is 4. The molecule has 3 aliphatic carbocycles. The molecule has 4 fully saturated rings. The van der Waals surface area contributed by atoms with E-state index in [4.69, 9.17) is 9.47 Å². The Morgan fingerprint density at radius 3 is 2.71 bits per heavy atom. The standard InChI is InChI=1S/C18H22O6/c1-9(2)18(24-16(21)10(3)6-7-19)13-5-4-11-14(12(13)8-20)17(22)23-15(11)18/h7-9,11-15H,3-6H2,1-2H3. The van der Waals surface area contributed by atoms with Crippen molar-refractivity contribution in [1.29, 1.82) is 0 Å². The number of aldehydes is 2. The van der Waals surface area contributed by atoms with E-state index in [0.29, 0.717) is 12.7 Å². The molecule has 4 bridgehead atoms. The van der Waals surface area contributed by atoms with Crippen molar-refractivity contribution in [3.05, 3.63) is 12.2 Å². The van der Waals surface area contributed by atoms with Gasteiger partial charge in [0.05, 0.1) is 5.92 Å². The van der Waals surface area contributed by atoms with Gasteiger partial charge < -0.3 is 19.1 Å². The van der Waals surface area contributed by atoms with Gasteiger partial charge in [-0.05, 0) is 18.8 Å². The van der Waals surface area contributed by atoms with Gasteiger partial charge in [-0.2, -0.15) is 0 Å². The SMILES string of the molecule is C=C(CC=O)C(=O)OC1(C(C)C)C2CCC3C(C(=O)OC31)C2C=O. The van der Waals surface area contributed by atoms with Gasteiger partial charge in [0.2, 0.25) is 0 Å². The van der Waals surface area contributed by atoms with E-state index in [0.717, 1.165) is 12.7 Å². The van der Waals surface area contributed by atoms with Crippen LogP contribution in [0.3, 0.4) is 0 Å². The van der Waals surface area contributed by atoms with E-state index in [1.165, 1.54) is 0 Å². The molecule has 6 nitrogen and oxygen atoms in total. The minimum absolute atomic E-state index is 0.0648. The Morgan fingerprint density at radius 2 is 2.12 bits per heavy atom. The lowest BCUT2D eigenvalue weighted by atomic mass is 9.50. The second-order valence-electron chi connectivity index (χ2n) is 7.32. The Kier molecular flexibility index (Phi) is 4.10. The Labute approximate surface area is 140 Å². The van der Waals surface area contributed by atoms with Crippen LogP contribution in [0.2, 0.25) is 0 Å². The van der Waals surface area contributed by atoms with Gasteiger partial charge in [-0.15, -0.1) is 0 Å². The molecular formula is C18H22O6. The molecule has 4 rings (SSSR count). The highest BCUT2D eigenvalue weighted by atomic mass is 16.6. The summed E-state index contributed by atoms with van der Waals surface area (Å²) in [7, 11) is 0. The maximum absolute atomic E-state index is 12.4. The minimum Gasteiger partial charge on any atom is -0.458 e. The van der Waals surface area contributed by atoms with Crippen molar-refractivity contribution < 1.29 is 28.7 Å². The maximum Gasteiger partial charge on any atom is 0.334 e. The first kappa shape index (κ1) is 16.9. The summed E-state index contributed by atoms with van der Waals surface area (Å²) in [5.41, 5.74) is -0.977. The van der Waals surface area contributed by atoms with Crippen LogP contribution >= 0.6 is 0 Å². The fourth-order valence-electron chi connectivity index (χ4n) is 5.01. The minimum atomic E-state index is -1.04. The van der Waals surface area contributed by atoms with Gasteiger partial charge in [0, 0.05) is 29.7 Å². The number of esters is 2. The summed E-state index contributed by atoms with van der Waals surface area (Å²) < 4.78 is 11.5. The van der Waals surface area contributed by atoms with E-state index < -0.39 is 29.5 Å². The molecule has 0 N–H and O–H groups in total. The summed E-state index contributed by atoms with van der Waals surface area (Å²) in [5, 5.41) is 0. The molecule has 24 heavy (non-hydrogen) atoms.